The zero-order valence-electron chi connectivity index (χ0n) is 12.1. The van der Waals surface area contributed by atoms with Crippen molar-refractivity contribution < 1.29 is 4.74 Å². The molecule has 0 aliphatic carbocycles. The fourth-order valence-electron chi connectivity index (χ4n) is 3.04. The second kappa shape index (κ2) is 7.63. The van der Waals surface area contributed by atoms with Crippen LogP contribution in [-0.2, 0) is 4.74 Å². The second-order valence-corrected chi connectivity index (χ2v) is 5.15. The normalized spacial score (nSPS) is 20.7. The van der Waals surface area contributed by atoms with Gasteiger partial charge < -0.3 is 10.1 Å². The Morgan fingerprint density at radius 3 is 2.68 bits per heavy atom. The molecule has 3 nitrogen and oxygen atoms in total. The molecule has 1 saturated heterocycles. The van der Waals surface area contributed by atoms with Crippen molar-refractivity contribution in [2.75, 3.05) is 33.4 Å². The smallest absolute Gasteiger partial charge is 0.0593 e. The van der Waals surface area contributed by atoms with Crippen LogP contribution in [0.25, 0.3) is 0 Å². The molecule has 106 valence electrons. The molecule has 1 fully saturated rings. The maximum atomic E-state index is 5.58. The zero-order chi connectivity index (χ0) is 13.5. The number of hydrogen-bond donors (Lipinski definition) is 1. The molecule has 0 amide bonds. The van der Waals surface area contributed by atoms with E-state index in [-0.39, 0.29) is 0 Å². The molecule has 0 radical (unpaired) electrons. The molecule has 2 rings (SSSR count). The highest BCUT2D eigenvalue weighted by molar-refractivity contribution is 5.20. The lowest BCUT2D eigenvalue weighted by Crippen LogP contribution is -2.44. The Labute approximate surface area is 116 Å². The van der Waals surface area contributed by atoms with Crippen LogP contribution >= 0.6 is 0 Å². The summed E-state index contributed by atoms with van der Waals surface area (Å²) in [6, 6.07) is 11.7. The van der Waals surface area contributed by atoms with Crippen molar-refractivity contribution >= 4 is 0 Å². The van der Waals surface area contributed by atoms with E-state index in [2.05, 4.69) is 54.5 Å². The molecular weight excluding hydrogens is 236 g/mol. The monoisotopic (exact) mass is 262 g/mol. The first kappa shape index (κ1) is 14.5. The number of nitrogens with zero attached hydrogens (tertiary/aromatic N) is 1. The average Bonchev–Trinajstić information content (AvgIpc) is 2.74. The molecule has 19 heavy (non-hydrogen) atoms. The summed E-state index contributed by atoms with van der Waals surface area (Å²) in [5, 5.41) is 3.50. The number of benzene rings is 1. The molecule has 0 aromatic heterocycles. The Morgan fingerprint density at radius 1 is 1.21 bits per heavy atom. The summed E-state index contributed by atoms with van der Waals surface area (Å²) in [5.41, 5.74) is 1.38. The van der Waals surface area contributed by atoms with Crippen molar-refractivity contribution in [2.45, 2.75) is 31.8 Å². The van der Waals surface area contributed by atoms with E-state index >= 15 is 0 Å². The minimum Gasteiger partial charge on any atom is -0.380 e. The lowest BCUT2D eigenvalue weighted by atomic mass is 9.96. The quantitative estimate of drug-likeness (QED) is 0.882. The van der Waals surface area contributed by atoms with Crippen LogP contribution in [-0.4, -0.2) is 44.3 Å². The van der Waals surface area contributed by atoms with Gasteiger partial charge in [0.25, 0.3) is 0 Å². The van der Waals surface area contributed by atoms with Gasteiger partial charge in [-0.25, -0.2) is 0 Å². The largest absolute Gasteiger partial charge is 0.380 e. The van der Waals surface area contributed by atoms with Crippen molar-refractivity contribution in [3.05, 3.63) is 35.9 Å². The predicted molar refractivity (Wildman–Crippen MR) is 79.3 cm³/mol. The van der Waals surface area contributed by atoms with Crippen LogP contribution in [0.1, 0.15) is 31.4 Å². The molecule has 0 spiro atoms. The summed E-state index contributed by atoms with van der Waals surface area (Å²) >= 11 is 0. The minimum absolute atomic E-state index is 0.393. The van der Waals surface area contributed by atoms with Gasteiger partial charge in [0.1, 0.15) is 0 Å². The van der Waals surface area contributed by atoms with Gasteiger partial charge in [0.2, 0.25) is 0 Å². The third-order valence-corrected chi connectivity index (χ3v) is 4.00. The standard InChI is InChI=1S/C16H26N2O/c1-3-15(18-10-7-12-19-13-11-18)16(17-2)14-8-5-4-6-9-14/h4-6,8-9,15-17H,3,7,10-13H2,1-2H3. The van der Waals surface area contributed by atoms with Gasteiger partial charge in [-0.05, 0) is 25.5 Å². The Hall–Kier alpha value is -0.900. The first-order chi connectivity index (χ1) is 9.36. The number of likely N-dealkylation sites (N-methyl/N-ethyl adjacent to an activating group) is 1. The topological polar surface area (TPSA) is 24.5 Å². The highest BCUT2D eigenvalue weighted by atomic mass is 16.5. The van der Waals surface area contributed by atoms with E-state index in [0.29, 0.717) is 12.1 Å². The fraction of sp³-hybridized carbons (Fsp3) is 0.625. The fourth-order valence-corrected chi connectivity index (χ4v) is 3.04. The maximum Gasteiger partial charge on any atom is 0.0593 e. The first-order valence-corrected chi connectivity index (χ1v) is 7.40. The van der Waals surface area contributed by atoms with Crippen LogP contribution < -0.4 is 5.32 Å². The van der Waals surface area contributed by atoms with Crippen LogP contribution in [0.5, 0.6) is 0 Å². The Balaban J connectivity index is 2.13. The van der Waals surface area contributed by atoms with Crippen LogP contribution in [0.3, 0.4) is 0 Å². The van der Waals surface area contributed by atoms with E-state index in [1.54, 1.807) is 0 Å². The van der Waals surface area contributed by atoms with Gasteiger partial charge in [-0.3, -0.25) is 4.90 Å². The van der Waals surface area contributed by atoms with Gasteiger partial charge in [0, 0.05) is 31.8 Å². The number of hydrogen-bond acceptors (Lipinski definition) is 3. The van der Waals surface area contributed by atoms with Crippen LogP contribution in [0.15, 0.2) is 30.3 Å². The molecule has 2 unspecified atom stereocenters. The van der Waals surface area contributed by atoms with Crippen LogP contribution in [0, 0.1) is 0 Å². The molecule has 1 aromatic carbocycles. The van der Waals surface area contributed by atoms with Gasteiger partial charge in [-0.2, -0.15) is 0 Å². The molecule has 0 bridgehead atoms. The predicted octanol–water partition coefficient (Wildman–Crippen LogP) is 2.45. The molecule has 0 saturated carbocycles. The zero-order valence-corrected chi connectivity index (χ0v) is 12.1. The van der Waals surface area contributed by atoms with E-state index in [9.17, 15) is 0 Å². The van der Waals surface area contributed by atoms with Gasteiger partial charge in [-0.1, -0.05) is 37.3 Å². The molecular formula is C16H26N2O. The molecule has 2 atom stereocenters. The lowest BCUT2D eigenvalue weighted by molar-refractivity contribution is 0.120. The Kier molecular flexibility index (Phi) is 5.83. The third kappa shape index (κ3) is 3.78. The van der Waals surface area contributed by atoms with Gasteiger partial charge in [-0.15, -0.1) is 0 Å². The van der Waals surface area contributed by atoms with E-state index in [1.165, 1.54) is 5.56 Å². The molecule has 1 N–H and O–H groups in total. The molecule has 1 heterocycles. The minimum atomic E-state index is 0.393. The lowest BCUT2D eigenvalue weighted by Gasteiger charge is -2.36. The summed E-state index contributed by atoms with van der Waals surface area (Å²) in [6.45, 7) is 6.24. The second-order valence-electron chi connectivity index (χ2n) is 5.15. The highest BCUT2D eigenvalue weighted by Crippen LogP contribution is 2.24. The Bertz CT molecular complexity index is 347. The number of rotatable bonds is 5. The van der Waals surface area contributed by atoms with Crippen LogP contribution in [0.4, 0.5) is 0 Å². The van der Waals surface area contributed by atoms with E-state index in [0.717, 1.165) is 39.1 Å². The van der Waals surface area contributed by atoms with Gasteiger partial charge in [0.05, 0.1) is 6.61 Å². The molecule has 1 aliphatic rings. The van der Waals surface area contributed by atoms with Crippen molar-refractivity contribution in [3.8, 4) is 0 Å². The summed E-state index contributed by atoms with van der Waals surface area (Å²) in [7, 11) is 2.06. The number of nitrogens with one attached hydrogen (secondary N) is 1. The van der Waals surface area contributed by atoms with E-state index in [1.807, 2.05) is 0 Å². The van der Waals surface area contributed by atoms with Crippen LogP contribution in [0.2, 0.25) is 0 Å². The summed E-state index contributed by atoms with van der Waals surface area (Å²) in [4.78, 5) is 2.58. The maximum absolute atomic E-state index is 5.58. The van der Waals surface area contributed by atoms with Crippen molar-refractivity contribution in [1.29, 1.82) is 0 Å². The molecule has 3 heteroatoms. The number of ether oxygens (including phenoxy) is 1. The average molecular weight is 262 g/mol. The molecule has 1 aromatic rings. The third-order valence-electron chi connectivity index (χ3n) is 4.00. The summed E-state index contributed by atoms with van der Waals surface area (Å²) in [6.07, 6.45) is 2.29. The summed E-state index contributed by atoms with van der Waals surface area (Å²) in [5.74, 6) is 0. The first-order valence-electron chi connectivity index (χ1n) is 7.40. The van der Waals surface area contributed by atoms with Gasteiger partial charge in [0.15, 0.2) is 0 Å². The molecule has 1 aliphatic heterocycles. The highest BCUT2D eigenvalue weighted by Gasteiger charge is 2.26. The summed E-state index contributed by atoms with van der Waals surface area (Å²) < 4.78 is 5.58. The van der Waals surface area contributed by atoms with Crippen molar-refractivity contribution in [2.24, 2.45) is 0 Å². The SMILES string of the molecule is CCC(C(NC)c1ccccc1)N1CCCOCC1. The van der Waals surface area contributed by atoms with Crippen molar-refractivity contribution in [1.82, 2.24) is 10.2 Å². The van der Waals surface area contributed by atoms with Crippen molar-refractivity contribution in [3.63, 3.8) is 0 Å². The Morgan fingerprint density at radius 2 is 2.00 bits per heavy atom. The van der Waals surface area contributed by atoms with Gasteiger partial charge >= 0.3 is 0 Å². The van der Waals surface area contributed by atoms with E-state index < -0.39 is 0 Å². The van der Waals surface area contributed by atoms with E-state index in [4.69, 9.17) is 4.74 Å².